The lowest BCUT2D eigenvalue weighted by Gasteiger charge is -2.08. The fourth-order valence-electron chi connectivity index (χ4n) is 1.46. The summed E-state index contributed by atoms with van der Waals surface area (Å²) < 4.78 is 10.1. The van der Waals surface area contributed by atoms with Crippen molar-refractivity contribution in [1.82, 2.24) is 10.1 Å². The zero-order valence-electron chi connectivity index (χ0n) is 10.2. The largest absolute Gasteiger partial charge is 0.497 e. The Morgan fingerprint density at radius 3 is 2.89 bits per heavy atom. The van der Waals surface area contributed by atoms with Gasteiger partial charge in [-0.25, -0.2) is 0 Å². The third-order valence-corrected chi connectivity index (χ3v) is 2.57. The van der Waals surface area contributed by atoms with Crippen LogP contribution >= 0.6 is 0 Å². The fourth-order valence-corrected chi connectivity index (χ4v) is 1.46. The number of nitrogens with two attached hydrogens (primary N) is 1. The van der Waals surface area contributed by atoms with E-state index in [9.17, 15) is 5.11 Å². The maximum atomic E-state index is 9.36. The SMILES string of the molecule is COc1cccc(-c2noc([C@@H](N)[C@@H](C)O)n2)c1. The number of benzene rings is 1. The van der Waals surface area contributed by atoms with E-state index in [1.54, 1.807) is 20.1 Å². The van der Waals surface area contributed by atoms with E-state index in [-0.39, 0.29) is 5.89 Å². The third-order valence-electron chi connectivity index (χ3n) is 2.57. The predicted molar refractivity (Wildman–Crippen MR) is 64.9 cm³/mol. The number of methoxy groups -OCH3 is 1. The van der Waals surface area contributed by atoms with Crippen LogP contribution in [0.2, 0.25) is 0 Å². The first-order valence-corrected chi connectivity index (χ1v) is 5.53. The molecule has 0 saturated carbocycles. The smallest absolute Gasteiger partial charge is 0.246 e. The molecule has 1 heterocycles. The Bertz CT molecular complexity index is 525. The molecule has 0 aliphatic rings. The van der Waals surface area contributed by atoms with E-state index in [1.165, 1.54) is 0 Å². The van der Waals surface area contributed by atoms with E-state index in [0.717, 1.165) is 5.56 Å². The summed E-state index contributed by atoms with van der Waals surface area (Å²) in [6, 6.07) is 6.61. The van der Waals surface area contributed by atoms with E-state index in [0.29, 0.717) is 11.6 Å². The average molecular weight is 249 g/mol. The minimum atomic E-state index is -0.747. The molecule has 0 aliphatic heterocycles. The molecular weight excluding hydrogens is 234 g/mol. The molecule has 0 saturated heterocycles. The Morgan fingerprint density at radius 2 is 2.22 bits per heavy atom. The summed E-state index contributed by atoms with van der Waals surface area (Å²) in [4.78, 5) is 4.16. The van der Waals surface area contributed by atoms with Crippen LogP contribution in [0.25, 0.3) is 11.4 Å². The Kier molecular flexibility index (Phi) is 3.59. The molecule has 0 fully saturated rings. The minimum Gasteiger partial charge on any atom is -0.497 e. The van der Waals surface area contributed by atoms with E-state index in [4.69, 9.17) is 15.0 Å². The van der Waals surface area contributed by atoms with Gasteiger partial charge in [0, 0.05) is 5.56 Å². The first kappa shape index (κ1) is 12.5. The Labute approximate surface area is 104 Å². The van der Waals surface area contributed by atoms with Gasteiger partial charge in [0.25, 0.3) is 0 Å². The van der Waals surface area contributed by atoms with Gasteiger partial charge in [-0.3, -0.25) is 0 Å². The lowest BCUT2D eigenvalue weighted by Crippen LogP contribution is -2.23. The molecule has 6 heteroatoms. The molecule has 0 aliphatic carbocycles. The van der Waals surface area contributed by atoms with Crippen LogP contribution in [0.4, 0.5) is 0 Å². The van der Waals surface area contributed by atoms with E-state index in [2.05, 4.69) is 10.1 Å². The molecule has 2 atom stereocenters. The normalized spacial score (nSPS) is 14.2. The number of nitrogens with zero attached hydrogens (tertiary/aromatic N) is 2. The highest BCUT2D eigenvalue weighted by molar-refractivity contribution is 5.56. The second-order valence-electron chi connectivity index (χ2n) is 3.95. The Hall–Kier alpha value is -1.92. The van der Waals surface area contributed by atoms with Gasteiger partial charge < -0.3 is 20.1 Å². The van der Waals surface area contributed by atoms with E-state index < -0.39 is 12.1 Å². The van der Waals surface area contributed by atoms with E-state index in [1.807, 2.05) is 18.2 Å². The number of hydrogen-bond acceptors (Lipinski definition) is 6. The van der Waals surface area contributed by atoms with Crippen LogP contribution in [-0.2, 0) is 0 Å². The number of aliphatic hydroxyl groups is 1. The molecule has 1 aromatic carbocycles. The summed E-state index contributed by atoms with van der Waals surface area (Å²) in [5, 5.41) is 13.2. The standard InChI is InChI=1S/C12H15N3O3/c1-7(16)10(13)12-14-11(15-18-12)8-4-3-5-9(6-8)17-2/h3-7,10,16H,13H2,1-2H3/t7-,10+/m1/s1. The molecule has 1 aromatic heterocycles. The first-order chi connectivity index (χ1) is 8.61. The molecule has 96 valence electrons. The van der Waals surface area contributed by atoms with Gasteiger partial charge >= 0.3 is 0 Å². The molecule has 0 unspecified atom stereocenters. The predicted octanol–water partition coefficient (Wildman–Crippen LogP) is 1.13. The van der Waals surface area contributed by atoms with Crippen molar-refractivity contribution in [1.29, 1.82) is 0 Å². The van der Waals surface area contributed by atoms with Gasteiger partial charge in [-0.05, 0) is 19.1 Å². The summed E-state index contributed by atoms with van der Waals surface area (Å²) in [7, 11) is 1.59. The molecular formula is C12H15N3O3. The minimum absolute atomic E-state index is 0.211. The molecule has 18 heavy (non-hydrogen) atoms. The number of hydrogen-bond donors (Lipinski definition) is 2. The number of aliphatic hydroxyl groups excluding tert-OH is 1. The number of aromatic nitrogens is 2. The zero-order chi connectivity index (χ0) is 13.1. The van der Waals surface area contributed by atoms with Crippen molar-refractivity contribution in [3.63, 3.8) is 0 Å². The molecule has 2 aromatic rings. The lowest BCUT2D eigenvalue weighted by atomic mass is 10.2. The highest BCUT2D eigenvalue weighted by Gasteiger charge is 2.20. The maximum Gasteiger partial charge on any atom is 0.246 e. The van der Waals surface area contributed by atoms with Crippen molar-refractivity contribution in [2.75, 3.05) is 7.11 Å². The van der Waals surface area contributed by atoms with Gasteiger partial charge in [0.2, 0.25) is 11.7 Å². The van der Waals surface area contributed by atoms with Crippen LogP contribution in [0.15, 0.2) is 28.8 Å². The van der Waals surface area contributed by atoms with Gasteiger partial charge in [0.15, 0.2) is 0 Å². The molecule has 2 rings (SSSR count). The summed E-state index contributed by atoms with van der Waals surface area (Å²) >= 11 is 0. The number of ether oxygens (including phenoxy) is 1. The molecule has 3 N–H and O–H groups in total. The van der Waals surface area contributed by atoms with Gasteiger partial charge in [-0.15, -0.1) is 0 Å². The molecule has 6 nitrogen and oxygen atoms in total. The van der Waals surface area contributed by atoms with Crippen molar-refractivity contribution in [2.24, 2.45) is 5.73 Å². The molecule has 0 spiro atoms. The Morgan fingerprint density at radius 1 is 1.44 bits per heavy atom. The highest BCUT2D eigenvalue weighted by Crippen LogP contribution is 2.22. The Balaban J connectivity index is 2.29. The maximum absolute atomic E-state index is 9.36. The average Bonchev–Trinajstić information content (AvgIpc) is 2.87. The summed E-state index contributed by atoms with van der Waals surface area (Å²) in [5.74, 6) is 1.33. The lowest BCUT2D eigenvalue weighted by molar-refractivity contribution is 0.146. The molecule has 0 radical (unpaired) electrons. The quantitative estimate of drug-likeness (QED) is 0.843. The van der Waals surface area contributed by atoms with Crippen LogP contribution in [0.5, 0.6) is 5.75 Å². The summed E-state index contributed by atoms with van der Waals surface area (Å²) in [6.45, 7) is 1.57. The highest BCUT2D eigenvalue weighted by atomic mass is 16.5. The fraction of sp³-hybridized carbons (Fsp3) is 0.333. The van der Waals surface area contributed by atoms with Crippen LogP contribution in [0.3, 0.4) is 0 Å². The molecule has 0 amide bonds. The topological polar surface area (TPSA) is 94.4 Å². The van der Waals surface area contributed by atoms with Gasteiger partial charge in [0.1, 0.15) is 11.8 Å². The second-order valence-corrected chi connectivity index (χ2v) is 3.95. The number of rotatable bonds is 4. The molecule has 0 bridgehead atoms. The first-order valence-electron chi connectivity index (χ1n) is 5.53. The van der Waals surface area contributed by atoms with Gasteiger partial charge in [0.05, 0.1) is 13.2 Å². The van der Waals surface area contributed by atoms with E-state index >= 15 is 0 Å². The van der Waals surface area contributed by atoms with Crippen LogP contribution in [-0.4, -0.2) is 28.5 Å². The van der Waals surface area contributed by atoms with Crippen molar-refractivity contribution < 1.29 is 14.4 Å². The van der Waals surface area contributed by atoms with Crippen LogP contribution in [0.1, 0.15) is 18.9 Å². The summed E-state index contributed by atoms with van der Waals surface area (Å²) in [5.41, 5.74) is 6.48. The summed E-state index contributed by atoms with van der Waals surface area (Å²) in [6.07, 6.45) is -0.747. The van der Waals surface area contributed by atoms with Crippen molar-refractivity contribution >= 4 is 0 Å². The van der Waals surface area contributed by atoms with Crippen LogP contribution in [0, 0.1) is 0 Å². The third kappa shape index (κ3) is 2.49. The van der Waals surface area contributed by atoms with Gasteiger partial charge in [-0.1, -0.05) is 17.3 Å². The van der Waals surface area contributed by atoms with Crippen LogP contribution < -0.4 is 10.5 Å². The van der Waals surface area contributed by atoms with Crippen molar-refractivity contribution in [3.05, 3.63) is 30.2 Å². The van der Waals surface area contributed by atoms with Crippen molar-refractivity contribution in [3.8, 4) is 17.1 Å². The monoisotopic (exact) mass is 249 g/mol. The van der Waals surface area contributed by atoms with Crippen molar-refractivity contribution in [2.45, 2.75) is 19.1 Å². The second kappa shape index (κ2) is 5.16. The van der Waals surface area contributed by atoms with Gasteiger partial charge in [-0.2, -0.15) is 4.98 Å². The zero-order valence-corrected chi connectivity index (χ0v) is 10.2.